The molecule has 0 aliphatic carbocycles. The van der Waals surface area contributed by atoms with E-state index >= 15 is 0 Å². The topological polar surface area (TPSA) is 13.1 Å². The van der Waals surface area contributed by atoms with Gasteiger partial charge in [-0.3, -0.25) is 0 Å². The van der Waals surface area contributed by atoms with Crippen molar-refractivity contribution in [2.45, 2.75) is 0 Å². The third-order valence-electron chi connectivity index (χ3n) is 3.24. The SMILES string of the molecule is Brc1ccc(-c2cccc3c2oc2ccccc23)s1. The molecule has 0 fully saturated rings. The summed E-state index contributed by atoms with van der Waals surface area (Å²) >= 11 is 5.24. The van der Waals surface area contributed by atoms with Gasteiger partial charge in [0.25, 0.3) is 0 Å². The Morgan fingerprint density at radius 1 is 0.842 bits per heavy atom. The van der Waals surface area contributed by atoms with Gasteiger partial charge in [0.1, 0.15) is 11.2 Å². The summed E-state index contributed by atoms with van der Waals surface area (Å²) in [6.07, 6.45) is 0. The molecule has 0 spiro atoms. The number of halogens is 1. The zero-order chi connectivity index (χ0) is 12.8. The molecule has 3 heteroatoms. The lowest BCUT2D eigenvalue weighted by Gasteiger charge is -1.98. The molecular weight excluding hydrogens is 320 g/mol. The summed E-state index contributed by atoms with van der Waals surface area (Å²) in [5.41, 5.74) is 3.07. The number of fused-ring (bicyclic) bond motifs is 3. The van der Waals surface area contributed by atoms with E-state index in [1.165, 1.54) is 15.6 Å². The van der Waals surface area contributed by atoms with Crippen LogP contribution in [0.1, 0.15) is 0 Å². The summed E-state index contributed by atoms with van der Waals surface area (Å²) in [5, 5.41) is 2.35. The molecule has 0 aliphatic heterocycles. The van der Waals surface area contributed by atoms with Gasteiger partial charge >= 0.3 is 0 Å². The van der Waals surface area contributed by atoms with Crippen LogP contribution in [0, 0.1) is 0 Å². The first kappa shape index (κ1) is 11.3. The summed E-state index contributed by atoms with van der Waals surface area (Å²) < 4.78 is 7.17. The Balaban J connectivity index is 2.12. The lowest BCUT2D eigenvalue weighted by molar-refractivity contribution is 0.670. The van der Waals surface area contributed by atoms with Crippen molar-refractivity contribution in [2.75, 3.05) is 0 Å². The second-order valence-corrected chi connectivity index (χ2v) is 6.85. The highest BCUT2D eigenvalue weighted by molar-refractivity contribution is 9.11. The summed E-state index contributed by atoms with van der Waals surface area (Å²) in [6.45, 7) is 0. The van der Waals surface area contributed by atoms with E-state index in [-0.39, 0.29) is 0 Å². The Kier molecular flexibility index (Phi) is 2.50. The first-order valence-electron chi connectivity index (χ1n) is 5.99. The van der Waals surface area contributed by atoms with Gasteiger partial charge in [0.05, 0.1) is 3.79 Å². The highest BCUT2D eigenvalue weighted by Crippen LogP contribution is 2.39. The lowest BCUT2D eigenvalue weighted by atomic mass is 10.1. The number of furan rings is 1. The molecule has 0 aliphatic rings. The van der Waals surface area contributed by atoms with Gasteiger partial charge in [0, 0.05) is 21.2 Å². The second kappa shape index (κ2) is 4.22. The number of hydrogen-bond donors (Lipinski definition) is 0. The van der Waals surface area contributed by atoms with Gasteiger partial charge in [0.2, 0.25) is 0 Å². The summed E-state index contributed by atoms with van der Waals surface area (Å²) in [7, 11) is 0. The largest absolute Gasteiger partial charge is 0.455 e. The van der Waals surface area contributed by atoms with Gasteiger partial charge in [0.15, 0.2) is 0 Å². The quantitative estimate of drug-likeness (QED) is 0.413. The van der Waals surface area contributed by atoms with Crippen molar-refractivity contribution in [2.24, 2.45) is 0 Å². The van der Waals surface area contributed by atoms with Crippen LogP contribution >= 0.6 is 27.3 Å². The van der Waals surface area contributed by atoms with E-state index in [1.807, 2.05) is 18.2 Å². The number of para-hydroxylation sites is 2. The summed E-state index contributed by atoms with van der Waals surface area (Å²) in [6, 6.07) is 18.7. The molecule has 0 amide bonds. The predicted molar refractivity (Wildman–Crippen MR) is 84.7 cm³/mol. The molecule has 0 saturated carbocycles. The van der Waals surface area contributed by atoms with E-state index in [0.717, 1.165) is 20.5 Å². The van der Waals surface area contributed by atoms with E-state index in [9.17, 15) is 0 Å². The maximum Gasteiger partial charge on any atom is 0.144 e. The summed E-state index contributed by atoms with van der Waals surface area (Å²) in [5.74, 6) is 0. The van der Waals surface area contributed by atoms with Crippen LogP contribution in [0.3, 0.4) is 0 Å². The van der Waals surface area contributed by atoms with Gasteiger partial charge in [-0.25, -0.2) is 0 Å². The van der Waals surface area contributed by atoms with E-state index in [4.69, 9.17) is 4.42 Å². The molecule has 2 aromatic carbocycles. The van der Waals surface area contributed by atoms with Crippen molar-refractivity contribution >= 4 is 49.2 Å². The standard InChI is InChI=1S/C16H9BrOS/c17-15-9-8-14(19-15)12-6-3-5-11-10-4-1-2-7-13(10)18-16(11)12/h1-9H. The smallest absolute Gasteiger partial charge is 0.144 e. The first-order valence-corrected chi connectivity index (χ1v) is 7.60. The highest BCUT2D eigenvalue weighted by Gasteiger charge is 2.12. The molecular formula is C16H9BrOS. The van der Waals surface area contributed by atoms with Crippen LogP contribution in [-0.4, -0.2) is 0 Å². The molecule has 19 heavy (non-hydrogen) atoms. The zero-order valence-electron chi connectivity index (χ0n) is 9.89. The Morgan fingerprint density at radius 3 is 2.53 bits per heavy atom. The lowest BCUT2D eigenvalue weighted by Crippen LogP contribution is -1.73. The normalized spacial score (nSPS) is 11.4. The van der Waals surface area contributed by atoms with Crippen LogP contribution in [0.15, 0.2) is 62.8 Å². The van der Waals surface area contributed by atoms with Gasteiger partial charge < -0.3 is 4.42 Å². The fraction of sp³-hybridized carbons (Fsp3) is 0. The Hall–Kier alpha value is -1.58. The fourth-order valence-electron chi connectivity index (χ4n) is 2.40. The van der Waals surface area contributed by atoms with Crippen molar-refractivity contribution in [3.63, 3.8) is 0 Å². The maximum absolute atomic E-state index is 6.04. The minimum atomic E-state index is 0.945. The molecule has 0 saturated heterocycles. The second-order valence-electron chi connectivity index (χ2n) is 4.38. The van der Waals surface area contributed by atoms with Gasteiger partial charge in [-0.1, -0.05) is 30.3 Å². The molecule has 2 heterocycles. The minimum Gasteiger partial charge on any atom is -0.455 e. The minimum absolute atomic E-state index is 0.945. The third-order valence-corrected chi connectivity index (χ3v) is 4.90. The molecule has 92 valence electrons. The number of benzene rings is 2. The molecule has 4 rings (SSSR count). The number of thiophene rings is 1. The Bertz CT molecular complexity index is 888. The Morgan fingerprint density at radius 2 is 1.68 bits per heavy atom. The first-order chi connectivity index (χ1) is 9.33. The van der Waals surface area contributed by atoms with Crippen molar-refractivity contribution in [3.05, 3.63) is 58.4 Å². The predicted octanol–water partition coefficient (Wildman–Crippen LogP) is 6.08. The van der Waals surface area contributed by atoms with Crippen LogP contribution in [0.2, 0.25) is 0 Å². The molecule has 0 unspecified atom stereocenters. The van der Waals surface area contributed by atoms with Crippen LogP contribution in [-0.2, 0) is 0 Å². The van der Waals surface area contributed by atoms with Crippen molar-refractivity contribution < 1.29 is 4.42 Å². The molecule has 0 bridgehead atoms. The van der Waals surface area contributed by atoms with E-state index in [2.05, 4.69) is 52.3 Å². The molecule has 4 aromatic rings. The third kappa shape index (κ3) is 1.73. The van der Waals surface area contributed by atoms with Gasteiger partial charge in [-0.2, -0.15) is 0 Å². The van der Waals surface area contributed by atoms with Crippen LogP contribution in [0.25, 0.3) is 32.4 Å². The van der Waals surface area contributed by atoms with Crippen molar-refractivity contribution in [1.29, 1.82) is 0 Å². The van der Waals surface area contributed by atoms with Crippen LogP contribution in [0.4, 0.5) is 0 Å². The molecule has 0 N–H and O–H groups in total. The molecule has 2 aromatic heterocycles. The van der Waals surface area contributed by atoms with Crippen molar-refractivity contribution in [3.8, 4) is 10.4 Å². The maximum atomic E-state index is 6.04. The van der Waals surface area contributed by atoms with E-state index < -0.39 is 0 Å². The van der Waals surface area contributed by atoms with Gasteiger partial charge in [-0.05, 0) is 40.2 Å². The summed E-state index contributed by atoms with van der Waals surface area (Å²) in [4.78, 5) is 1.22. The zero-order valence-corrected chi connectivity index (χ0v) is 12.3. The number of rotatable bonds is 1. The van der Waals surface area contributed by atoms with E-state index in [0.29, 0.717) is 0 Å². The van der Waals surface area contributed by atoms with Crippen LogP contribution < -0.4 is 0 Å². The highest BCUT2D eigenvalue weighted by atomic mass is 79.9. The monoisotopic (exact) mass is 328 g/mol. The van der Waals surface area contributed by atoms with E-state index in [1.54, 1.807) is 11.3 Å². The average Bonchev–Trinajstić information content (AvgIpc) is 3.02. The molecule has 1 nitrogen and oxygen atoms in total. The van der Waals surface area contributed by atoms with Crippen molar-refractivity contribution in [1.82, 2.24) is 0 Å². The number of hydrogen-bond acceptors (Lipinski definition) is 2. The molecule has 0 radical (unpaired) electrons. The van der Waals surface area contributed by atoms with Gasteiger partial charge in [-0.15, -0.1) is 11.3 Å². The van der Waals surface area contributed by atoms with Crippen LogP contribution in [0.5, 0.6) is 0 Å². The Labute approximate surface area is 122 Å². The fourth-order valence-corrected chi connectivity index (χ4v) is 3.81. The average molecular weight is 329 g/mol. The molecule has 0 atom stereocenters.